The van der Waals surface area contributed by atoms with E-state index in [1.54, 1.807) is 0 Å². The zero-order valence-electron chi connectivity index (χ0n) is 10.9. The summed E-state index contributed by atoms with van der Waals surface area (Å²) in [7, 11) is 0. The van der Waals surface area contributed by atoms with E-state index < -0.39 is 5.54 Å². The summed E-state index contributed by atoms with van der Waals surface area (Å²) in [6.45, 7) is 4.19. The summed E-state index contributed by atoms with van der Waals surface area (Å²) in [5, 5.41) is 9.37. The number of hydrogen-bond donors (Lipinski definition) is 2. The second-order valence-electron chi connectivity index (χ2n) is 5.71. The van der Waals surface area contributed by atoms with Crippen molar-refractivity contribution in [2.45, 2.75) is 45.1 Å². The Morgan fingerprint density at radius 2 is 1.94 bits per heavy atom. The molecule has 0 radical (unpaired) electrons. The Kier molecular flexibility index (Phi) is 3.55. The molecule has 0 aromatic heterocycles. The SMILES string of the molecule is Cc1ccc2c(c1)CCC([C@@](C)(N)CO)CC2. The molecular formula is C15H23NO. The second-order valence-corrected chi connectivity index (χ2v) is 5.71. The number of fused-ring (bicyclic) bond motifs is 1. The summed E-state index contributed by atoms with van der Waals surface area (Å²) in [6, 6.07) is 6.73. The lowest BCUT2D eigenvalue weighted by atomic mass is 9.81. The molecule has 2 atom stereocenters. The highest BCUT2D eigenvalue weighted by atomic mass is 16.3. The quantitative estimate of drug-likeness (QED) is 0.769. The van der Waals surface area contributed by atoms with Crippen LogP contribution in [0.3, 0.4) is 0 Å². The third-order valence-corrected chi connectivity index (χ3v) is 4.16. The molecule has 1 aromatic rings. The molecule has 2 heteroatoms. The number of hydrogen-bond acceptors (Lipinski definition) is 2. The van der Waals surface area contributed by atoms with Gasteiger partial charge in [0.1, 0.15) is 0 Å². The standard InChI is InChI=1S/C15H23NO/c1-11-3-4-12-5-7-14(15(2,16)10-17)8-6-13(12)9-11/h3-4,9,14,17H,5-8,10,16H2,1-2H3/t14?,15-/m0/s1. The van der Waals surface area contributed by atoms with Gasteiger partial charge in [0.25, 0.3) is 0 Å². The molecule has 0 bridgehead atoms. The highest BCUT2D eigenvalue weighted by Gasteiger charge is 2.30. The summed E-state index contributed by atoms with van der Waals surface area (Å²) in [4.78, 5) is 0. The fraction of sp³-hybridized carbons (Fsp3) is 0.600. The van der Waals surface area contributed by atoms with Gasteiger partial charge < -0.3 is 10.8 Å². The Hall–Kier alpha value is -0.860. The lowest BCUT2D eigenvalue weighted by Gasteiger charge is -2.31. The maximum Gasteiger partial charge on any atom is 0.0611 e. The fourth-order valence-corrected chi connectivity index (χ4v) is 2.82. The first-order valence-electron chi connectivity index (χ1n) is 6.51. The van der Waals surface area contributed by atoms with Gasteiger partial charge in [0.2, 0.25) is 0 Å². The van der Waals surface area contributed by atoms with Crippen LogP contribution in [-0.4, -0.2) is 17.3 Å². The highest BCUT2D eigenvalue weighted by molar-refractivity contribution is 5.32. The van der Waals surface area contributed by atoms with Crippen LogP contribution in [0.2, 0.25) is 0 Å². The normalized spacial score (nSPS) is 23.6. The molecular weight excluding hydrogens is 210 g/mol. The molecule has 94 valence electrons. The molecule has 0 amide bonds. The summed E-state index contributed by atoms with van der Waals surface area (Å²) in [5.41, 5.74) is 10.0. The Balaban J connectivity index is 2.17. The van der Waals surface area contributed by atoms with E-state index >= 15 is 0 Å². The van der Waals surface area contributed by atoms with E-state index in [-0.39, 0.29) is 6.61 Å². The molecule has 0 saturated carbocycles. The molecule has 1 aliphatic carbocycles. The third-order valence-electron chi connectivity index (χ3n) is 4.16. The van der Waals surface area contributed by atoms with Gasteiger partial charge in [-0.15, -0.1) is 0 Å². The Morgan fingerprint density at radius 3 is 2.59 bits per heavy atom. The van der Waals surface area contributed by atoms with Gasteiger partial charge in [-0.3, -0.25) is 0 Å². The van der Waals surface area contributed by atoms with Crippen LogP contribution in [0.25, 0.3) is 0 Å². The van der Waals surface area contributed by atoms with Gasteiger partial charge in [0, 0.05) is 5.54 Å². The minimum Gasteiger partial charge on any atom is -0.394 e. The first kappa shape index (κ1) is 12.6. The number of aryl methyl sites for hydroxylation is 3. The van der Waals surface area contributed by atoms with Crippen molar-refractivity contribution < 1.29 is 5.11 Å². The van der Waals surface area contributed by atoms with E-state index in [4.69, 9.17) is 5.73 Å². The van der Waals surface area contributed by atoms with Gasteiger partial charge in [-0.05, 0) is 56.6 Å². The average molecular weight is 233 g/mol. The van der Waals surface area contributed by atoms with Crippen LogP contribution >= 0.6 is 0 Å². The Bertz CT molecular complexity index is 398. The summed E-state index contributed by atoms with van der Waals surface area (Å²) < 4.78 is 0. The monoisotopic (exact) mass is 233 g/mol. The van der Waals surface area contributed by atoms with Crippen molar-refractivity contribution in [1.29, 1.82) is 0 Å². The summed E-state index contributed by atoms with van der Waals surface area (Å²) in [5.74, 6) is 0.417. The Labute approximate surface area is 104 Å². The van der Waals surface area contributed by atoms with E-state index in [9.17, 15) is 5.11 Å². The van der Waals surface area contributed by atoms with E-state index in [0.29, 0.717) is 5.92 Å². The lowest BCUT2D eigenvalue weighted by Crippen LogP contribution is -2.47. The molecule has 0 fully saturated rings. The zero-order chi connectivity index (χ0) is 12.5. The highest BCUT2D eigenvalue weighted by Crippen LogP contribution is 2.30. The van der Waals surface area contributed by atoms with Crippen molar-refractivity contribution in [3.63, 3.8) is 0 Å². The van der Waals surface area contributed by atoms with E-state index in [1.807, 2.05) is 6.92 Å². The van der Waals surface area contributed by atoms with E-state index in [1.165, 1.54) is 16.7 Å². The predicted molar refractivity (Wildman–Crippen MR) is 71.0 cm³/mol. The Morgan fingerprint density at radius 1 is 1.29 bits per heavy atom. The van der Waals surface area contributed by atoms with Crippen LogP contribution in [0.4, 0.5) is 0 Å². The van der Waals surface area contributed by atoms with E-state index in [0.717, 1.165) is 25.7 Å². The third kappa shape index (κ3) is 2.70. The fourth-order valence-electron chi connectivity index (χ4n) is 2.82. The van der Waals surface area contributed by atoms with Crippen LogP contribution in [0.5, 0.6) is 0 Å². The van der Waals surface area contributed by atoms with Crippen LogP contribution in [0.15, 0.2) is 18.2 Å². The molecule has 0 heterocycles. The molecule has 1 aromatic carbocycles. The maximum absolute atomic E-state index is 9.37. The van der Waals surface area contributed by atoms with Crippen LogP contribution in [0.1, 0.15) is 36.5 Å². The molecule has 1 unspecified atom stereocenters. The summed E-state index contributed by atoms with van der Waals surface area (Å²) >= 11 is 0. The molecule has 0 spiro atoms. The van der Waals surface area contributed by atoms with E-state index in [2.05, 4.69) is 25.1 Å². The number of rotatable bonds is 2. The zero-order valence-corrected chi connectivity index (χ0v) is 10.9. The van der Waals surface area contributed by atoms with Crippen molar-refractivity contribution in [3.05, 3.63) is 34.9 Å². The largest absolute Gasteiger partial charge is 0.394 e. The first-order chi connectivity index (χ1) is 8.03. The van der Waals surface area contributed by atoms with Crippen molar-refractivity contribution >= 4 is 0 Å². The van der Waals surface area contributed by atoms with Crippen LogP contribution in [0, 0.1) is 12.8 Å². The number of aliphatic hydroxyl groups is 1. The van der Waals surface area contributed by atoms with Gasteiger partial charge in [-0.1, -0.05) is 23.8 Å². The van der Waals surface area contributed by atoms with Gasteiger partial charge in [-0.25, -0.2) is 0 Å². The van der Waals surface area contributed by atoms with Crippen molar-refractivity contribution in [2.75, 3.05) is 6.61 Å². The van der Waals surface area contributed by atoms with Gasteiger partial charge in [0.05, 0.1) is 6.61 Å². The van der Waals surface area contributed by atoms with Crippen molar-refractivity contribution in [2.24, 2.45) is 11.7 Å². The number of aliphatic hydroxyl groups excluding tert-OH is 1. The molecule has 17 heavy (non-hydrogen) atoms. The molecule has 2 nitrogen and oxygen atoms in total. The molecule has 1 aliphatic rings. The van der Waals surface area contributed by atoms with Gasteiger partial charge >= 0.3 is 0 Å². The minimum absolute atomic E-state index is 0.0764. The van der Waals surface area contributed by atoms with Crippen molar-refractivity contribution in [1.82, 2.24) is 0 Å². The van der Waals surface area contributed by atoms with Gasteiger partial charge in [0.15, 0.2) is 0 Å². The maximum atomic E-state index is 9.37. The number of nitrogens with two attached hydrogens (primary N) is 1. The lowest BCUT2D eigenvalue weighted by molar-refractivity contribution is 0.144. The molecule has 3 N–H and O–H groups in total. The van der Waals surface area contributed by atoms with Crippen LogP contribution in [-0.2, 0) is 12.8 Å². The first-order valence-corrected chi connectivity index (χ1v) is 6.51. The minimum atomic E-state index is -0.433. The topological polar surface area (TPSA) is 46.2 Å². The molecule has 2 rings (SSSR count). The molecule has 0 aliphatic heterocycles. The predicted octanol–water partition coefficient (Wildman–Crippen LogP) is 2.20. The van der Waals surface area contributed by atoms with Crippen molar-refractivity contribution in [3.8, 4) is 0 Å². The number of benzene rings is 1. The summed E-state index contributed by atoms with van der Waals surface area (Å²) in [6.07, 6.45) is 4.36. The average Bonchev–Trinajstić information content (AvgIpc) is 2.51. The van der Waals surface area contributed by atoms with Gasteiger partial charge in [-0.2, -0.15) is 0 Å². The second kappa shape index (κ2) is 4.79. The smallest absolute Gasteiger partial charge is 0.0611 e. The molecule has 0 saturated heterocycles. The van der Waals surface area contributed by atoms with Crippen LogP contribution < -0.4 is 5.73 Å².